The monoisotopic (exact) mass is 330 g/mol. The second-order valence-electron chi connectivity index (χ2n) is 4.25. The Morgan fingerprint density at radius 1 is 1.05 bits per heavy atom. The lowest BCUT2D eigenvalue weighted by molar-refractivity contribution is -0.137. The van der Waals surface area contributed by atoms with Gasteiger partial charge in [-0.1, -0.05) is 76.6 Å². The van der Waals surface area contributed by atoms with Crippen molar-refractivity contribution in [1.29, 1.82) is 0 Å². The van der Waals surface area contributed by atoms with Gasteiger partial charge in [0, 0.05) is 6.08 Å². The lowest BCUT2D eigenvalue weighted by atomic mass is 10.2. The molecule has 2 nitrogen and oxygen atoms in total. The van der Waals surface area contributed by atoms with Gasteiger partial charge in [0.2, 0.25) is 0 Å². The van der Waals surface area contributed by atoms with Gasteiger partial charge in [-0.2, -0.15) is 0 Å². The Bertz CT molecular complexity index is 564. The van der Waals surface area contributed by atoms with Crippen LogP contribution in [-0.4, -0.2) is 12.6 Å². The van der Waals surface area contributed by atoms with E-state index in [2.05, 4.69) is 15.9 Å². The predicted molar refractivity (Wildman–Crippen MR) is 84.5 cm³/mol. The third-order valence-corrected chi connectivity index (χ3v) is 3.54. The minimum absolute atomic E-state index is 0.0118. The first kappa shape index (κ1) is 14.5. The zero-order valence-corrected chi connectivity index (χ0v) is 12.5. The normalized spacial score (nSPS) is 12.2. The molecule has 102 valence electrons. The maximum Gasteiger partial charge on any atom is 0.330 e. The van der Waals surface area contributed by atoms with E-state index < -0.39 is 0 Å². The summed E-state index contributed by atoms with van der Waals surface area (Å²) in [4.78, 5) is 11.6. The van der Waals surface area contributed by atoms with Gasteiger partial charge in [0.05, 0.1) is 4.83 Å². The van der Waals surface area contributed by atoms with Crippen LogP contribution in [0.2, 0.25) is 0 Å². The first-order valence-electron chi connectivity index (χ1n) is 6.34. The van der Waals surface area contributed by atoms with Gasteiger partial charge in [-0.3, -0.25) is 0 Å². The first-order chi connectivity index (χ1) is 9.75. The fraction of sp³-hybridized carbons (Fsp3) is 0.118. The van der Waals surface area contributed by atoms with Crippen LogP contribution in [0.15, 0.2) is 66.7 Å². The van der Waals surface area contributed by atoms with E-state index in [1.54, 1.807) is 6.08 Å². The highest BCUT2D eigenvalue weighted by atomic mass is 79.9. The smallest absolute Gasteiger partial charge is 0.330 e. The van der Waals surface area contributed by atoms with Crippen molar-refractivity contribution in [2.75, 3.05) is 6.61 Å². The molecule has 0 aromatic heterocycles. The van der Waals surface area contributed by atoms with Crippen LogP contribution in [0.4, 0.5) is 0 Å². The van der Waals surface area contributed by atoms with Gasteiger partial charge in [0.25, 0.3) is 0 Å². The molecular formula is C17H15BrO2. The van der Waals surface area contributed by atoms with E-state index in [1.807, 2.05) is 60.7 Å². The summed E-state index contributed by atoms with van der Waals surface area (Å²) < 4.78 is 5.21. The summed E-state index contributed by atoms with van der Waals surface area (Å²) >= 11 is 3.51. The molecule has 0 amide bonds. The van der Waals surface area contributed by atoms with Crippen LogP contribution in [0, 0.1) is 0 Å². The van der Waals surface area contributed by atoms with Crippen LogP contribution in [0.25, 0.3) is 6.08 Å². The van der Waals surface area contributed by atoms with Gasteiger partial charge in [-0.05, 0) is 17.2 Å². The maximum atomic E-state index is 11.6. The number of ether oxygens (including phenoxy) is 1. The highest BCUT2D eigenvalue weighted by Crippen LogP contribution is 2.22. The van der Waals surface area contributed by atoms with E-state index in [0.29, 0.717) is 6.61 Å². The molecule has 20 heavy (non-hydrogen) atoms. The van der Waals surface area contributed by atoms with Crippen LogP contribution in [0.3, 0.4) is 0 Å². The Morgan fingerprint density at radius 3 is 2.30 bits per heavy atom. The number of esters is 1. The lowest BCUT2D eigenvalue weighted by Gasteiger charge is -2.09. The van der Waals surface area contributed by atoms with E-state index in [4.69, 9.17) is 4.74 Å². The summed E-state index contributed by atoms with van der Waals surface area (Å²) in [6.45, 7) is 0.308. The van der Waals surface area contributed by atoms with Crippen molar-refractivity contribution in [1.82, 2.24) is 0 Å². The number of alkyl halides is 1. The highest BCUT2D eigenvalue weighted by molar-refractivity contribution is 9.09. The molecule has 0 aliphatic heterocycles. The molecule has 2 aromatic rings. The fourth-order valence-corrected chi connectivity index (χ4v) is 2.13. The Labute approximate surface area is 127 Å². The fourth-order valence-electron chi connectivity index (χ4n) is 1.69. The van der Waals surface area contributed by atoms with Crippen LogP contribution in [-0.2, 0) is 9.53 Å². The first-order valence-corrected chi connectivity index (χ1v) is 7.26. The van der Waals surface area contributed by atoms with Gasteiger partial charge in [0.1, 0.15) is 6.61 Å². The molecule has 0 saturated carbocycles. The molecule has 0 saturated heterocycles. The number of hydrogen-bond donors (Lipinski definition) is 0. The quantitative estimate of drug-likeness (QED) is 0.462. The molecule has 1 unspecified atom stereocenters. The summed E-state index contributed by atoms with van der Waals surface area (Å²) in [6.07, 6.45) is 3.19. The Kier molecular flexibility index (Phi) is 5.56. The van der Waals surface area contributed by atoms with Gasteiger partial charge < -0.3 is 4.74 Å². The number of halogens is 1. The molecule has 2 aromatic carbocycles. The van der Waals surface area contributed by atoms with Gasteiger partial charge in [-0.25, -0.2) is 4.79 Å². The summed E-state index contributed by atoms with van der Waals surface area (Å²) in [5.74, 6) is -0.339. The van der Waals surface area contributed by atoms with Crippen molar-refractivity contribution < 1.29 is 9.53 Å². The molecule has 1 atom stereocenters. The van der Waals surface area contributed by atoms with Crippen LogP contribution < -0.4 is 0 Å². The lowest BCUT2D eigenvalue weighted by Crippen LogP contribution is -2.06. The van der Waals surface area contributed by atoms with E-state index in [0.717, 1.165) is 11.1 Å². The SMILES string of the molecule is O=C(/C=C/c1ccccc1)OCC(Br)c1ccccc1. The number of hydrogen-bond acceptors (Lipinski definition) is 2. The van der Waals surface area contributed by atoms with E-state index in [-0.39, 0.29) is 10.8 Å². The molecule has 0 heterocycles. The Hall–Kier alpha value is -1.87. The third kappa shape index (κ3) is 4.67. The Morgan fingerprint density at radius 2 is 1.65 bits per heavy atom. The minimum Gasteiger partial charge on any atom is -0.461 e. The predicted octanol–water partition coefficient (Wildman–Crippen LogP) is 4.38. The molecule has 3 heteroatoms. The summed E-state index contributed by atoms with van der Waals surface area (Å²) in [5.41, 5.74) is 2.07. The van der Waals surface area contributed by atoms with Crippen LogP contribution >= 0.6 is 15.9 Å². The molecule has 0 aliphatic carbocycles. The maximum absolute atomic E-state index is 11.6. The molecule has 0 bridgehead atoms. The molecule has 0 fully saturated rings. The zero-order chi connectivity index (χ0) is 14.2. The molecule has 0 spiro atoms. The van der Waals surface area contributed by atoms with Crippen LogP contribution in [0.1, 0.15) is 16.0 Å². The van der Waals surface area contributed by atoms with Crippen molar-refractivity contribution >= 4 is 28.0 Å². The van der Waals surface area contributed by atoms with Crippen molar-refractivity contribution in [3.8, 4) is 0 Å². The molecular weight excluding hydrogens is 316 g/mol. The summed E-state index contributed by atoms with van der Waals surface area (Å²) in [7, 11) is 0. The van der Waals surface area contributed by atoms with E-state index in [9.17, 15) is 4.79 Å². The van der Waals surface area contributed by atoms with E-state index in [1.165, 1.54) is 6.08 Å². The molecule has 0 radical (unpaired) electrons. The van der Waals surface area contributed by atoms with Gasteiger partial charge in [-0.15, -0.1) is 0 Å². The highest BCUT2D eigenvalue weighted by Gasteiger charge is 2.08. The average Bonchev–Trinajstić information content (AvgIpc) is 2.52. The van der Waals surface area contributed by atoms with Crippen molar-refractivity contribution in [2.24, 2.45) is 0 Å². The van der Waals surface area contributed by atoms with Crippen molar-refractivity contribution in [3.63, 3.8) is 0 Å². The average molecular weight is 331 g/mol. The van der Waals surface area contributed by atoms with Crippen molar-refractivity contribution in [2.45, 2.75) is 4.83 Å². The second kappa shape index (κ2) is 7.65. The number of carbonyl (C=O) groups is 1. The third-order valence-electron chi connectivity index (χ3n) is 2.74. The molecule has 0 aliphatic rings. The van der Waals surface area contributed by atoms with Gasteiger partial charge in [0.15, 0.2) is 0 Å². The van der Waals surface area contributed by atoms with Gasteiger partial charge >= 0.3 is 5.97 Å². The summed E-state index contributed by atoms with van der Waals surface area (Å²) in [5, 5.41) is 0. The Balaban J connectivity index is 1.82. The number of benzene rings is 2. The molecule has 0 N–H and O–H groups in total. The minimum atomic E-state index is -0.339. The standard InChI is InChI=1S/C17H15BrO2/c18-16(15-9-5-2-6-10-15)13-20-17(19)12-11-14-7-3-1-4-8-14/h1-12,16H,13H2/b12-11+. The zero-order valence-electron chi connectivity index (χ0n) is 10.9. The number of rotatable bonds is 5. The number of carbonyl (C=O) groups excluding carboxylic acids is 1. The second-order valence-corrected chi connectivity index (χ2v) is 5.36. The van der Waals surface area contributed by atoms with Crippen molar-refractivity contribution in [3.05, 3.63) is 77.9 Å². The topological polar surface area (TPSA) is 26.3 Å². The van der Waals surface area contributed by atoms with E-state index >= 15 is 0 Å². The largest absolute Gasteiger partial charge is 0.461 e. The van der Waals surface area contributed by atoms with Crippen LogP contribution in [0.5, 0.6) is 0 Å². The molecule has 2 rings (SSSR count). The summed E-state index contributed by atoms with van der Waals surface area (Å²) in [6, 6.07) is 19.5.